The zero-order valence-corrected chi connectivity index (χ0v) is 58.9. The van der Waals surface area contributed by atoms with Gasteiger partial charge < -0.3 is 19.6 Å². The van der Waals surface area contributed by atoms with Crippen LogP contribution in [-0.2, 0) is 5.41 Å². The van der Waals surface area contributed by atoms with E-state index in [0.29, 0.717) is 12.1 Å². The van der Waals surface area contributed by atoms with Crippen molar-refractivity contribution >= 4 is 115 Å². The van der Waals surface area contributed by atoms with E-state index in [0.717, 1.165) is 45.5 Å². The minimum atomic E-state index is -0.292. The maximum absolute atomic E-state index is 2.91. The van der Waals surface area contributed by atoms with Crippen molar-refractivity contribution in [3.05, 3.63) is 327 Å². The van der Waals surface area contributed by atoms with Crippen molar-refractivity contribution in [1.29, 1.82) is 0 Å². The van der Waals surface area contributed by atoms with E-state index >= 15 is 0 Å². The Hall–Kier alpha value is -11.2. The van der Waals surface area contributed by atoms with Crippen LogP contribution in [0.1, 0.15) is 52.0 Å². The lowest BCUT2D eigenvalue weighted by atomic mass is 9.31. The first-order chi connectivity index (χ1) is 50.7. The van der Waals surface area contributed by atoms with Gasteiger partial charge in [0.1, 0.15) is 0 Å². The largest absolute Gasteiger partial charge is 0.365 e. The second-order valence-corrected chi connectivity index (χ2v) is 31.7. The van der Waals surface area contributed by atoms with Crippen molar-refractivity contribution in [2.45, 2.75) is 73.7 Å². The van der Waals surface area contributed by atoms with Gasteiger partial charge in [0.15, 0.2) is 0 Å². The Labute approximate surface area is 609 Å². The lowest BCUT2D eigenvalue weighted by Crippen LogP contribution is -2.64. The summed E-state index contributed by atoms with van der Waals surface area (Å²) in [6.07, 6.45) is 5.31. The summed E-state index contributed by atoms with van der Waals surface area (Å²) in [6.45, 7) is 6.99. The van der Waals surface area contributed by atoms with Crippen LogP contribution in [0.4, 0.5) is 56.9 Å². The summed E-state index contributed by atoms with van der Waals surface area (Å²) in [6, 6.07) is 124. The summed E-state index contributed by atoms with van der Waals surface area (Å²) in [5.74, 6) is 1.64. The third kappa shape index (κ3) is 9.61. The van der Waals surface area contributed by atoms with Crippen molar-refractivity contribution in [3.63, 3.8) is 0 Å². The van der Waals surface area contributed by atoms with Gasteiger partial charge in [0, 0.05) is 89.6 Å². The highest BCUT2D eigenvalue weighted by atomic mass is 32.2. The van der Waals surface area contributed by atoms with Crippen LogP contribution >= 0.6 is 11.8 Å². The minimum absolute atomic E-state index is 0.0505. The molecule has 14 aromatic carbocycles. The van der Waals surface area contributed by atoms with E-state index in [-0.39, 0.29) is 18.8 Å². The number of piperidine rings is 1. The van der Waals surface area contributed by atoms with Gasteiger partial charge in [-0.15, -0.1) is 0 Å². The molecule has 4 unspecified atom stereocenters. The predicted octanol–water partition coefficient (Wildman–Crippen LogP) is 21.2. The molecule has 7 heteroatoms. The van der Waals surface area contributed by atoms with E-state index in [1.165, 1.54) is 164 Å². The van der Waals surface area contributed by atoms with Crippen LogP contribution in [0.25, 0.3) is 66.8 Å². The highest BCUT2D eigenvalue weighted by molar-refractivity contribution is 8.00. The second kappa shape index (κ2) is 23.7. The molecule has 6 heterocycles. The molecule has 6 aliphatic heterocycles. The summed E-state index contributed by atoms with van der Waals surface area (Å²) in [4.78, 5) is 13.7. The molecule has 4 bridgehead atoms. The molecular formula is C96H74B2N4S. The molecule has 490 valence electrons. The smallest absolute Gasteiger partial charge is 0.252 e. The Kier molecular flexibility index (Phi) is 13.9. The van der Waals surface area contributed by atoms with Crippen LogP contribution in [0.2, 0.25) is 0 Å². The third-order valence-corrected chi connectivity index (χ3v) is 25.0. The van der Waals surface area contributed by atoms with Crippen molar-refractivity contribution < 1.29 is 0 Å². The first-order valence-corrected chi connectivity index (χ1v) is 37.9. The molecule has 22 rings (SSSR count). The van der Waals surface area contributed by atoms with E-state index < -0.39 is 0 Å². The van der Waals surface area contributed by atoms with Gasteiger partial charge in [0.25, 0.3) is 6.71 Å². The van der Waals surface area contributed by atoms with Crippen LogP contribution in [0.3, 0.4) is 0 Å². The molecule has 14 aromatic rings. The number of anilines is 10. The fourth-order valence-electron chi connectivity index (χ4n) is 19.5. The number of hydrogen-bond donors (Lipinski definition) is 0. The second-order valence-electron chi connectivity index (χ2n) is 30.7. The van der Waals surface area contributed by atoms with Gasteiger partial charge in [-0.05, 0) is 199 Å². The Balaban J connectivity index is 0.896. The van der Waals surface area contributed by atoms with Gasteiger partial charge >= 0.3 is 0 Å². The number of para-hydroxylation sites is 3. The summed E-state index contributed by atoms with van der Waals surface area (Å²) in [5, 5.41) is 0. The molecule has 0 N–H and O–H groups in total. The van der Waals surface area contributed by atoms with Gasteiger partial charge in [-0.3, -0.25) is 0 Å². The number of nitrogens with zero attached hydrogens (tertiary/aromatic N) is 4. The van der Waals surface area contributed by atoms with Crippen LogP contribution in [0, 0.1) is 11.8 Å². The zero-order valence-electron chi connectivity index (χ0n) is 58.1. The van der Waals surface area contributed by atoms with Gasteiger partial charge in [0.2, 0.25) is 6.71 Å². The molecule has 0 spiro atoms. The fraction of sp³-hybridized carbons (Fsp3) is 0.125. The molecule has 4 atom stereocenters. The van der Waals surface area contributed by atoms with Crippen LogP contribution in [0.15, 0.2) is 331 Å². The van der Waals surface area contributed by atoms with Gasteiger partial charge in [-0.25, -0.2) is 0 Å². The van der Waals surface area contributed by atoms with Gasteiger partial charge in [-0.1, -0.05) is 281 Å². The molecule has 0 radical (unpaired) electrons. The van der Waals surface area contributed by atoms with Crippen LogP contribution in [0.5, 0.6) is 0 Å². The maximum atomic E-state index is 2.91. The Bertz CT molecular complexity index is 5590. The van der Waals surface area contributed by atoms with Crippen molar-refractivity contribution in [2.75, 3.05) is 19.6 Å². The molecular weight excluding hydrogens is 1260 g/mol. The van der Waals surface area contributed by atoms with Gasteiger partial charge in [0.05, 0.1) is 11.4 Å². The number of rotatable bonds is 10. The lowest BCUT2D eigenvalue weighted by Gasteiger charge is -2.47. The molecule has 4 nitrogen and oxygen atoms in total. The van der Waals surface area contributed by atoms with E-state index in [1.807, 2.05) is 11.8 Å². The van der Waals surface area contributed by atoms with Crippen LogP contribution in [-0.4, -0.2) is 25.5 Å². The highest BCUT2D eigenvalue weighted by Gasteiger charge is 2.54. The Morgan fingerprint density at radius 1 is 0.311 bits per heavy atom. The summed E-state index contributed by atoms with van der Waals surface area (Å²) in [5.41, 5.74) is 35.2. The molecule has 0 amide bonds. The lowest BCUT2D eigenvalue weighted by molar-refractivity contribution is 0.340. The molecule has 2 aliphatic carbocycles. The molecule has 2 saturated heterocycles. The minimum Gasteiger partial charge on any atom is -0.365 e. The summed E-state index contributed by atoms with van der Waals surface area (Å²) >= 11 is 2.01. The monoisotopic (exact) mass is 1340 g/mol. The topological polar surface area (TPSA) is 13.0 Å². The van der Waals surface area contributed by atoms with E-state index in [4.69, 9.17) is 0 Å². The summed E-state index contributed by atoms with van der Waals surface area (Å²) < 4.78 is 0. The Morgan fingerprint density at radius 2 is 0.738 bits per heavy atom. The number of benzene rings is 14. The van der Waals surface area contributed by atoms with Crippen molar-refractivity contribution in [1.82, 2.24) is 0 Å². The first-order valence-electron chi connectivity index (χ1n) is 37.0. The van der Waals surface area contributed by atoms with Crippen LogP contribution < -0.4 is 52.4 Å². The standard InChI is InChI=1S/C96H74B2N4S/c1-96(2,3)71-55-87-92-88(56-71)102(95-77(66-37-19-8-20-38-66)53-69(63-31-13-5-14-32-63)54-78(95)67-39-21-9-22-40-67)86-60-90-82(98-79-43-25-27-45-83(79)100(72-41-23-10-24-42-72)89-57-74(58-91(103-90)93(89)98)99-73-48-61-47-70(50-73)85(99)49-61)59-81(86)97(92)80-44-26-28-46-84(80)101(87)94-75(64-33-15-6-16-34-64)51-68(62-29-11-4-12-30-62)52-76(94)65-35-17-7-18-36-65/h4-46,51-61,70,73,85H,47-50H2,1-3H3. The van der Waals surface area contributed by atoms with Gasteiger partial charge in [-0.2, -0.15) is 0 Å². The van der Waals surface area contributed by atoms with E-state index in [2.05, 4.69) is 362 Å². The number of fused-ring (bicyclic) bond motifs is 8. The maximum Gasteiger partial charge on any atom is 0.252 e. The Morgan fingerprint density at radius 3 is 1.22 bits per heavy atom. The van der Waals surface area contributed by atoms with E-state index in [1.54, 1.807) is 0 Å². The normalized spacial score (nSPS) is 17.5. The van der Waals surface area contributed by atoms with E-state index in [9.17, 15) is 0 Å². The molecule has 2 saturated carbocycles. The SMILES string of the molecule is CC(C)(C)c1cc2c3c(c1)N(c1c(-c4ccccc4)cc(-c4ccccc4)cc1-c1ccccc1)c1cc4c(cc1B3c1ccccc1N2c1c(-c2ccccc2)cc(-c2ccccc2)cc1-c1ccccc1)B1c2ccccc2N(c2ccccc2)c2cc(N3C5CC6CC(C5)C3C6)cc(c21)S4. The average molecular weight is 1340 g/mol. The zero-order chi connectivity index (χ0) is 68.2. The highest BCUT2D eigenvalue weighted by Crippen LogP contribution is 2.58. The molecule has 0 aromatic heterocycles. The summed E-state index contributed by atoms with van der Waals surface area (Å²) in [7, 11) is 0. The first kappa shape index (κ1) is 60.5. The molecule has 103 heavy (non-hydrogen) atoms. The van der Waals surface area contributed by atoms with Crippen molar-refractivity contribution in [2.24, 2.45) is 11.8 Å². The quantitative estimate of drug-likeness (QED) is 0.126. The molecule has 8 aliphatic rings. The van der Waals surface area contributed by atoms with Crippen molar-refractivity contribution in [3.8, 4) is 66.8 Å². The average Bonchev–Trinajstić information content (AvgIpc) is 1.59. The molecule has 4 fully saturated rings. The fourth-order valence-corrected chi connectivity index (χ4v) is 20.7. The predicted molar refractivity (Wildman–Crippen MR) is 437 cm³/mol. The third-order valence-electron chi connectivity index (χ3n) is 23.8. The number of hydrogen-bond acceptors (Lipinski definition) is 5.